The van der Waals surface area contributed by atoms with Crippen molar-refractivity contribution in [1.82, 2.24) is 4.90 Å². The van der Waals surface area contributed by atoms with Crippen LogP contribution in [0.3, 0.4) is 0 Å². The Morgan fingerprint density at radius 2 is 2.12 bits per heavy atom. The number of amides is 1. The van der Waals surface area contributed by atoms with Crippen LogP contribution in [-0.2, 0) is 4.79 Å². The lowest BCUT2D eigenvalue weighted by molar-refractivity contribution is -0.137. The van der Waals surface area contributed by atoms with E-state index in [1.807, 2.05) is 0 Å². The summed E-state index contributed by atoms with van der Waals surface area (Å²) in [6.45, 7) is 5.21. The van der Waals surface area contributed by atoms with Crippen molar-refractivity contribution in [3.63, 3.8) is 0 Å². The molecule has 4 N–H and O–H groups in total. The minimum atomic E-state index is -1.03. The van der Waals surface area contributed by atoms with Gasteiger partial charge in [-0.05, 0) is 20.3 Å². The molecule has 0 saturated heterocycles. The van der Waals surface area contributed by atoms with Crippen LogP contribution >= 0.6 is 0 Å². The maximum absolute atomic E-state index is 12.1. The van der Waals surface area contributed by atoms with Crippen LogP contribution in [-0.4, -0.2) is 46.7 Å². The smallest absolute Gasteiger partial charge is 0.236 e. The molecule has 0 aromatic carbocycles. The number of nitrogens with two attached hydrogens (primary N) is 1. The van der Waals surface area contributed by atoms with Crippen molar-refractivity contribution in [2.24, 2.45) is 16.3 Å². The highest BCUT2D eigenvalue weighted by atomic mass is 16.4. The molecule has 0 aliphatic rings. The van der Waals surface area contributed by atoms with E-state index in [0.717, 1.165) is 0 Å². The molecule has 0 radical (unpaired) electrons. The van der Waals surface area contributed by atoms with E-state index in [1.165, 1.54) is 4.90 Å². The van der Waals surface area contributed by atoms with Crippen LogP contribution in [0, 0.1) is 5.41 Å². The molecule has 16 heavy (non-hydrogen) atoms. The topological polar surface area (TPSA) is 99.2 Å². The minimum absolute atomic E-state index is 0.113. The number of aliphatic hydroxyl groups is 1. The van der Waals surface area contributed by atoms with Gasteiger partial charge in [-0.1, -0.05) is 12.1 Å². The standard InChI is InChI=1S/C10H21N3O3/c1-5-10(3,8(11)12-16)9(15)13(4)6-7(2)14/h7,14,16H,5-6H2,1-4H3,(H2,11,12). The summed E-state index contributed by atoms with van der Waals surface area (Å²) in [7, 11) is 1.58. The molecule has 0 saturated carbocycles. The van der Waals surface area contributed by atoms with Gasteiger partial charge in [-0.15, -0.1) is 0 Å². The molecule has 0 aliphatic heterocycles. The molecule has 2 unspecified atom stereocenters. The average molecular weight is 231 g/mol. The normalized spacial score (nSPS) is 17.7. The van der Waals surface area contributed by atoms with E-state index in [9.17, 15) is 9.90 Å². The third kappa shape index (κ3) is 3.10. The highest BCUT2D eigenvalue weighted by Crippen LogP contribution is 2.24. The molecule has 0 fully saturated rings. The molecule has 0 aliphatic carbocycles. The second kappa shape index (κ2) is 5.69. The number of likely N-dealkylation sites (N-methyl/N-ethyl adjacent to an activating group) is 1. The maximum Gasteiger partial charge on any atom is 0.236 e. The summed E-state index contributed by atoms with van der Waals surface area (Å²) in [5, 5.41) is 20.8. The Hall–Kier alpha value is -1.30. The maximum atomic E-state index is 12.1. The summed E-state index contributed by atoms with van der Waals surface area (Å²) in [6.07, 6.45) is -0.186. The van der Waals surface area contributed by atoms with Crippen LogP contribution in [0.5, 0.6) is 0 Å². The number of rotatable bonds is 5. The molecule has 0 rings (SSSR count). The Labute approximate surface area is 95.7 Å². The van der Waals surface area contributed by atoms with Gasteiger partial charge in [-0.3, -0.25) is 4.79 Å². The number of carbonyl (C=O) groups is 1. The van der Waals surface area contributed by atoms with E-state index in [0.29, 0.717) is 6.42 Å². The minimum Gasteiger partial charge on any atom is -0.409 e. The highest BCUT2D eigenvalue weighted by Gasteiger charge is 2.38. The summed E-state index contributed by atoms with van der Waals surface area (Å²) in [4.78, 5) is 13.5. The van der Waals surface area contributed by atoms with E-state index in [1.54, 1.807) is 27.8 Å². The van der Waals surface area contributed by atoms with Gasteiger partial charge in [0.15, 0.2) is 5.84 Å². The van der Waals surface area contributed by atoms with E-state index in [4.69, 9.17) is 10.9 Å². The first kappa shape index (κ1) is 14.7. The Morgan fingerprint density at radius 3 is 2.44 bits per heavy atom. The van der Waals surface area contributed by atoms with Crippen molar-refractivity contribution >= 4 is 11.7 Å². The number of aliphatic hydroxyl groups excluding tert-OH is 1. The average Bonchev–Trinajstić information content (AvgIpc) is 2.24. The Bertz CT molecular complexity index is 278. The van der Waals surface area contributed by atoms with Crippen LogP contribution in [0.4, 0.5) is 0 Å². The number of nitrogens with zero attached hydrogens (tertiary/aromatic N) is 2. The van der Waals surface area contributed by atoms with Gasteiger partial charge < -0.3 is 20.9 Å². The van der Waals surface area contributed by atoms with E-state index in [2.05, 4.69) is 5.16 Å². The summed E-state index contributed by atoms with van der Waals surface area (Å²) < 4.78 is 0. The zero-order valence-electron chi connectivity index (χ0n) is 10.3. The molecule has 0 aromatic heterocycles. The second-order valence-electron chi connectivity index (χ2n) is 4.21. The molecular formula is C10H21N3O3. The monoisotopic (exact) mass is 231 g/mol. The molecule has 0 heterocycles. The number of oxime groups is 1. The molecule has 6 nitrogen and oxygen atoms in total. The van der Waals surface area contributed by atoms with Gasteiger partial charge in [0.1, 0.15) is 5.41 Å². The third-order valence-corrected chi connectivity index (χ3v) is 2.74. The fourth-order valence-electron chi connectivity index (χ4n) is 1.45. The fraction of sp³-hybridized carbons (Fsp3) is 0.800. The van der Waals surface area contributed by atoms with E-state index >= 15 is 0 Å². The SMILES string of the molecule is CCC(C)(C(=O)N(C)CC(C)O)C(N)=NO. The zero-order valence-corrected chi connectivity index (χ0v) is 10.3. The van der Waals surface area contributed by atoms with Crippen LogP contribution in [0.2, 0.25) is 0 Å². The lowest BCUT2D eigenvalue weighted by atomic mass is 9.84. The van der Waals surface area contributed by atoms with Gasteiger partial charge in [0, 0.05) is 13.6 Å². The quantitative estimate of drug-likeness (QED) is 0.268. The van der Waals surface area contributed by atoms with Gasteiger partial charge >= 0.3 is 0 Å². The summed E-state index contributed by atoms with van der Waals surface area (Å²) >= 11 is 0. The van der Waals surface area contributed by atoms with Gasteiger partial charge in [-0.2, -0.15) is 0 Å². The fourth-order valence-corrected chi connectivity index (χ4v) is 1.45. The second-order valence-corrected chi connectivity index (χ2v) is 4.21. The first-order valence-electron chi connectivity index (χ1n) is 5.21. The largest absolute Gasteiger partial charge is 0.409 e. The lowest BCUT2D eigenvalue weighted by Crippen LogP contribution is -2.49. The first-order valence-corrected chi connectivity index (χ1v) is 5.21. The van der Waals surface area contributed by atoms with Gasteiger partial charge in [0.2, 0.25) is 5.91 Å². The molecule has 6 heteroatoms. The van der Waals surface area contributed by atoms with Crippen molar-refractivity contribution < 1.29 is 15.1 Å². The third-order valence-electron chi connectivity index (χ3n) is 2.74. The number of carbonyl (C=O) groups excluding carboxylic acids is 1. The van der Waals surface area contributed by atoms with Crippen LogP contribution < -0.4 is 5.73 Å². The molecule has 0 bridgehead atoms. The Morgan fingerprint density at radius 1 is 1.62 bits per heavy atom. The summed E-state index contributed by atoms with van der Waals surface area (Å²) in [6, 6.07) is 0. The van der Waals surface area contributed by atoms with Crippen molar-refractivity contribution in [3.8, 4) is 0 Å². The molecule has 1 amide bonds. The molecule has 0 aromatic rings. The summed E-state index contributed by atoms with van der Waals surface area (Å²) in [5.41, 5.74) is 4.49. The predicted octanol–water partition coefficient (Wildman–Crippen LogP) is -0.0117. The van der Waals surface area contributed by atoms with Crippen molar-refractivity contribution in [3.05, 3.63) is 0 Å². The molecule has 0 spiro atoms. The first-order chi connectivity index (χ1) is 7.29. The lowest BCUT2D eigenvalue weighted by Gasteiger charge is -2.31. The van der Waals surface area contributed by atoms with E-state index in [-0.39, 0.29) is 18.3 Å². The zero-order chi connectivity index (χ0) is 12.9. The predicted molar refractivity (Wildman–Crippen MR) is 61.1 cm³/mol. The highest BCUT2D eigenvalue weighted by molar-refractivity contribution is 6.06. The number of amidine groups is 1. The number of hydrogen-bond acceptors (Lipinski definition) is 4. The Kier molecular flexibility index (Phi) is 5.23. The van der Waals surface area contributed by atoms with Crippen LogP contribution in [0.25, 0.3) is 0 Å². The van der Waals surface area contributed by atoms with Crippen LogP contribution in [0.1, 0.15) is 27.2 Å². The van der Waals surface area contributed by atoms with Crippen molar-refractivity contribution in [2.45, 2.75) is 33.3 Å². The Balaban J connectivity index is 4.91. The van der Waals surface area contributed by atoms with Gasteiger partial charge in [-0.25, -0.2) is 0 Å². The van der Waals surface area contributed by atoms with Crippen molar-refractivity contribution in [2.75, 3.05) is 13.6 Å². The summed E-state index contributed by atoms with van der Waals surface area (Å²) in [5.74, 6) is -0.386. The molecular weight excluding hydrogens is 210 g/mol. The van der Waals surface area contributed by atoms with Gasteiger partial charge in [0.05, 0.1) is 6.10 Å². The van der Waals surface area contributed by atoms with Crippen molar-refractivity contribution in [1.29, 1.82) is 0 Å². The van der Waals surface area contributed by atoms with Gasteiger partial charge in [0.25, 0.3) is 0 Å². The van der Waals surface area contributed by atoms with Crippen LogP contribution in [0.15, 0.2) is 5.16 Å². The molecule has 2 atom stereocenters. The number of hydrogen-bond donors (Lipinski definition) is 3. The van der Waals surface area contributed by atoms with E-state index < -0.39 is 11.5 Å². The molecule has 94 valence electrons.